The first-order valence-electron chi connectivity index (χ1n) is 5.60. The molecule has 0 spiro atoms. The molecule has 0 aromatic heterocycles. The third-order valence-electron chi connectivity index (χ3n) is 2.69. The van der Waals surface area contributed by atoms with Gasteiger partial charge in [0.2, 0.25) is 0 Å². The summed E-state index contributed by atoms with van der Waals surface area (Å²) < 4.78 is 27.2. The summed E-state index contributed by atoms with van der Waals surface area (Å²) in [6.07, 6.45) is 0. The molecule has 0 radical (unpaired) electrons. The number of carbonyl (C=O) groups is 1. The van der Waals surface area contributed by atoms with Gasteiger partial charge < -0.3 is 5.32 Å². The maximum atomic E-state index is 13.2. The maximum Gasteiger partial charge on any atom is 0.257 e. The SMILES string of the molecule is Cc1cc(I)ccc1NC(=O)c1cc(F)c(F)cc1Cl. The zero-order valence-corrected chi connectivity index (χ0v) is 13.2. The van der Waals surface area contributed by atoms with Crippen LogP contribution in [0.3, 0.4) is 0 Å². The lowest BCUT2D eigenvalue weighted by molar-refractivity contribution is 0.102. The molecule has 1 amide bonds. The molecule has 2 aromatic rings. The average molecular weight is 408 g/mol. The molecular formula is C14H9ClF2INO. The van der Waals surface area contributed by atoms with Gasteiger partial charge >= 0.3 is 0 Å². The third-order valence-corrected chi connectivity index (χ3v) is 3.67. The number of benzene rings is 2. The van der Waals surface area contributed by atoms with Gasteiger partial charge in [-0.2, -0.15) is 0 Å². The molecule has 0 bridgehead atoms. The second-order valence-electron chi connectivity index (χ2n) is 4.16. The minimum Gasteiger partial charge on any atom is -0.322 e. The van der Waals surface area contributed by atoms with Crippen molar-refractivity contribution < 1.29 is 13.6 Å². The largest absolute Gasteiger partial charge is 0.322 e. The lowest BCUT2D eigenvalue weighted by Crippen LogP contribution is -2.14. The smallest absolute Gasteiger partial charge is 0.257 e. The minimum absolute atomic E-state index is 0.108. The van der Waals surface area contributed by atoms with E-state index >= 15 is 0 Å². The summed E-state index contributed by atoms with van der Waals surface area (Å²) >= 11 is 7.91. The quantitative estimate of drug-likeness (QED) is 0.563. The predicted molar refractivity (Wildman–Crippen MR) is 83.2 cm³/mol. The number of halogens is 4. The Bertz CT molecular complexity index is 691. The Balaban J connectivity index is 2.31. The van der Waals surface area contributed by atoms with Crippen LogP contribution in [0, 0.1) is 22.1 Å². The molecule has 0 atom stereocenters. The number of anilines is 1. The van der Waals surface area contributed by atoms with Gasteiger partial charge in [0.15, 0.2) is 11.6 Å². The summed E-state index contributed by atoms with van der Waals surface area (Å²) in [5.41, 5.74) is 1.35. The van der Waals surface area contributed by atoms with Crippen molar-refractivity contribution in [2.75, 3.05) is 5.32 Å². The topological polar surface area (TPSA) is 29.1 Å². The van der Waals surface area contributed by atoms with Gasteiger partial charge in [0.05, 0.1) is 10.6 Å². The molecule has 0 heterocycles. The van der Waals surface area contributed by atoms with E-state index in [0.29, 0.717) is 5.69 Å². The van der Waals surface area contributed by atoms with E-state index in [0.717, 1.165) is 21.3 Å². The first-order chi connectivity index (χ1) is 9.38. The van der Waals surface area contributed by atoms with E-state index in [-0.39, 0.29) is 10.6 Å². The highest BCUT2D eigenvalue weighted by Gasteiger charge is 2.15. The Morgan fingerprint density at radius 3 is 2.50 bits per heavy atom. The van der Waals surface area contributed by atoms with Gasteiger partial charge in [-0.3, -0.25) is 4.79 Å². The third kappa shape index (κ3) is 3.27. The number of hydrogen-bond acceptors (Lipinski definition) is 1. The Morgan fingerprint density at radius 1 is 1.20 bits per heavy atom. The summed E-state index contributed by atoms with van der Waals surface area (Å²) in [5.74, 6) is -2.78. The Hall–Kier alpha value is -1.21. The van der Waals surface area contributed by atoms with Crippen molar-refractivity contribution in [1.29, 1.82) is 0 Å². The number of nitrogens with one attached hydrogen (secondary N) is 1. The van der Waals surface area contributed by atoms with Crippen LogP contribution < -0.4 is 5.32 Å². The van der Waals surface area contributed by atoms with E-state index in [1.807, 2.05) is 19.1 Å². The fraction of sp³-hybridized carbons (Fsp3) is 0.0714. The van der Waals surface area contributed by atoms with Gasteiger partial charge in [-0.15, -0.1) is 0 Å². The molecule has 0 saturated heterocycles. The standard InChI is InChI=1S/C14H9ClF2INO/c1-7-4-8(18)2-3-13(7)19-14(20)9-5-11(16)12(17)6-10(9)15/h2-6H,1H3,(H,19,20). The van der Waals surface area contributed by atoms with Gasteiger partial charge in [0, 0.05) is 9.26 Å². The highest BCUT2D eigenvalue weighted by atomic mass is 127. The van der Waals surface area contributed by atoms with Crippen LogP contribution in [0.25, 0.3) is 0 Å². The molecule has 0 aliphatic heterocycles. The fourth-order valence-corrected chi connectivity index (χ4v) is 2.54. The van der Waals surface area contributed by atoms with Crippen LogP contribution in [0.4, 0.5) is 14.5 Å². The number of amides is 1. The number of hydrogen-bond donors (Lipinski definition) is 1. The Kier molecular flexibility index (Phi) is 4.59. The van der Waals surface area contributed by atoms with Gasteiger partial charge in [-0.1, -0.05) is 11.6 Å². The molecular weight excluding hydrogens is 399 g/mol. The fourth-order valence-electron chi connectivity index (χ4n) is 1.65. The van der Waals surface area contributed by atoms with Crippen molar-refractivity contribution >= 4 is 45.8 Å². The molecule has 1 N–H and O–H groups in total. The van der Waals surface area contributed by atoms with Crippen LogP contribution in [0.15, 0.2) is 30.3 Å². The van der Waals surface area contributed by atoms with E-state index < -0.39 is 17.5 Å². The predicted octanol–water partition coefficient (Wildman–Crippen LogP) is 4.78. The van der Waals surface area contributed by atoms with E-state index in [9.17, 15) is 13.6 Å². The monoisotopic (exact) mass is 407 g/mol. The van der Waals surface area contributed by atoms with Gasteiger partial charge in [0.1, 0.15) is 0 Å². The normalized spacial score (nSPS) is 10.4. The van der Waals surface area contributed by atoms with Crippen molar-refractivity contribution in [3.63, 3.8) is 0 Å². The molecule has 0 unspecified atom stereocenters. The lowest BCUT2D eigenvalue weighted by Gasteiger charge is -2.10. The Labute approximate surface area is 133 Å². The summed E-state index contributed by atoms with van der Waals surface area (Å²) in [5, 5.41) is 2.49. The number of aryl methyl sites for hydroxylation is 1. The van der Waals surface area contributed by atoms with Crippen LogP contribution in [0.2, 0.25) is 5.02 Å². The van der Waals surface area contributed by atoms with Crippen LogP contribution in [-0.4, -0.2) is 5.91 Å². The maximum absolute atomic E-state index is 13.2. The van der Waals surface area contributed by atoms with Crippen LogP contribution in [0.5, 0.6) is 0 Å². The van der Waals surface area contributed by atoms with Crippen LogP contribution in [0.1, 0.15) is 15.9 Å². The average Bonchev–Trinajstić information content (AvgIpc) is 2.37. The number of carbonyl (C=O) groups excluding carboxylic acids is 1. The van der Waals surface area contributed by atoms with Crippen molar-refractivity contribution in [2.24, 2.45) is 0 Å². The van der Waals surface area contributed by atoms with Crippen molar-refractivity contribution in [1.82, 2.24) is 0 Å². The highest BCUT2D eigenvalue weighted by molar-refractivity contribution is 14.1. The van der Waals surface area contributed by atoms with E-state index in [2.05, 4.69) is 27.9 Å². The van der Waals surface area contributed by atoms with Gasteiger partial charge in [-0.05, 0) is 65.4 Å². The second kappa shape index (κ2) is 6.05. The molecule has 2 nitrogen and oxygen atoms in total. The van der Waals surface area contributed by atoms with Crippen molar-refractivity contribution in [2.45, 2.75) is 6.92 Å². The molecule has 0 fully saturated rings. The summed E-state index contributed by atoms with van der Waals surface area (Å²) in [6.45, 7) is 1.84. The van der Waals surface area contributed by atoms with Gasteiger partial charge in [-0.25, -0.2) is 8.78 Å². The molecule has 20 heavy (non-hydrogen) atoms. The van der Waals surface area contributed by atoms with E-state index in [4.69, 9.17) is 11.6 Å². The van der Waals surface area contributed by atoms with E-state index in [1.54, 1.807) is 6.07 Å². The molecule has 0 aliphatic rings. The first-order valence-corrected chi connectivity index (χ1v) is 7.06. The second-order valence-corrected chi connectivity index (χ2v) is 5.81. The summed E-state index contributed by atoms with van der Waals surface area (Å²) in [7, 11) is 0. The van der Waals surface area contributed by atoms with Gasteiger partial charge in [0.25, 0.3) is 5.91 Å². The van der Waals surface area contributed by atoms with Crippen LogP contribution >= 0.6 is 34.2 Å². The minimum atomic E-state index is -1.11. The number of rotatable bonds is 2. The summed E-state index contributed by atoms with van der Waals surface area (Å²) in [4.78, 5) is 12.0. The zero-order chi connectivity index (χ0) is 14.9. The van der Waals surface area contributed by atoms with Crippen molar-refractivity contribution in [3.05, 3.63) is 61.7 Å². The summed E-state index contributed by atoms with van der Waals surface area (Å²) in [6, 6.07) is 7.03. The zero-order valence-electron chi connectivity index (χ0n) is 10.3. The molecule has 104 valence electrons. The molecule has 2 rings (SSSR count). The van der Waals surface area contributed by atoms with Crippen LogP contribution in [-0.2, 0) is 0 Å². The molecule has 0 saturated carbocycles. The highest BCUT2D eigenvalue weighted by Crippen LogP contribution is 2.23. The van der Waals surface area contributed by atoms with E-state index in [1.165, 1.54) is 0 Å². The first kappa shape index (κ1) is 15.2. The molecule has 2 aromatic carbocycles. The van der Waals surface area contributed by atoms with Crippen molar-refractivity contribution in [3.8, 4) is 0 Å². The Morgan fingerprint density at radius 2 is 1.85 bits per heavy atom. The lowest BCUT2D eigenvalue weighted by atomic mass is 10.1. The molecule has 6 heteroatoms. The molecule has 0 aliphatic carbocycles.